The topological polar surface area (TPSA) is 89.3 Å². The van der Waals surface area contributed by atoms with Crippen LogP contribution in [0.1, 0.15) is 143 Å². The average molecular weight is 619 g/mol. The summed E-state index contributed by atoms with van der Waals surface area (Å²) in [5, 5.41) is 11.4. The lowest BCUT2D eigenvalue weighted by atomic mass is 9.43. The summed E-state index contributed by atoms with van der Waals surface area (Å²) >= 11 is 0. The number of nitrogens with two attached hydrogens (primary N) is 2. The Morgan fingerprint density at radius 3 is 2.20 bits per heavy atom. The van der Waals surface area contributed by atoms with E-state index in [1.54, 1.807) is 18.2 Å². The van der Waals surface area contributed by atoms with Crippen molar-refractivity contribution >= 4 is 17.2 Å². The van der Waals surface area contributed by atoms with Crippen molar-refractivity contribution in [2.45, 2.75) is 139 Å². The van der Waals surface area contributed by atoms with Crippen LogP contribution in [0.25, 0.3) is 0 Å². The SMILES string of the molecule is CC(C)CCCC(C)C1CCC2C3CC=C4C(C)(CC(=O)c5cc(N)cc(N)c5)C(O)CCC4(C)C3CCC12C.CC=C(C)C. The van der Waals surface area contributed by atoms with Crippen LogP contribution in [-0.2, 0) is 0 Å². The number of aliphatic hydroxyl groups excluding tert-OH is 1. The summed E-state index contributed by atoms with van der Waals surface area (Å²) in [4.78, 5) is 13.6. The van der Waals surface area contributed by atoms with Crippen LogP contribution in [0.5, 0.6) is 0 Å². The minimum absolute atomic E-state index is 0.0223. The van der Waals surface area contributed by atoms with Crippen molar-refractivity contribution in [3.63, 3.8) is 0 Å². The maximum atomic E-state index is 13.6. The van der Waals surface area contributed by atoms with E-state index in [4.69, 9.17) is 11.5 Å². The first kappa shape index (κ1) is 35.8. The first-order valence-electron chi connectivity index (χ1n) is 18.2. The molecule has 5 rings (SSSR count). The third-order valence-electron chi connectivity index (χ3n) is 13.4. The van der Waals surface area contributed by atoms with Crippen LogP contribution in [0.15, 0.2) is 41.5 Å². The first-order valence-corrected chi connectivity index (χ1v) is 18.2. The number of carbonyl (C=O) groups excluding carboxylic acids is 1. The molecule has 5 N–H and O–H groups in total. The number of rotatable bonds is 8. The van der Waals surface area contributed by atoms with E-state index in [2.05, 4.69) is 67.5 Å². The highest BCUT2D eigenvalue weighted by Crippen LogP contribution is 2.69. The van der Waals surface area contributed by atoms with Gasteiger partial charge in [0.05, 0.1) is 6.10 Å². The minimum Gasteiger partial charge on any atom is -0.399 e. The Morgan fingerprint density at radius 1 is 0.956 bits per heavy atom. The molecule has 1 aromatic carbocycles. The Bertz CT molecular complexity index is 1240. The monoisotopic (exact) mass is 619 g/mol. The number of ketones is 1. The zero-order valence-corrected chi connectivity index (χ0v) is 30.2. The second-order valence-corrected chi connectivity index (χ2v) is 17.0. The number of aliphatic hydroxyl groups is 1. The van der Waals surface area contributed by atoms with Gasteiger partial charge in [0.25, 0.3) is 0 Å². The zero-order chi connectivity index (χ0) is 33.3. The summed E-state index contributed by atoms with van der Waals surface area (Å²) in [5.74, 6) is 4.66. The summed E-state index contributed by atoms with van der Waals surface area (Å²) < 4.78 is 0. The van der Waals surface area contributed by atoms with E-state index in [1.165, 1.54) is 56.1 Å². The highest BCUT2D eigenvalue weighted by molar-refractivity contribution is 5.98. The predicted molar refractivity (Wildman–Crippen MR) is 192 cm³/mol. The molecule has 0 heterocycles. The average Bonchev–Trinajstić information content (AvgIpc) is 3.32. The van der Waals surface area contributed by atoms with Gasteiger partial charge in [0.1, 0.15) is 0 Å². The molecule has 4 aliphatic carbocycles. The van der Waals surface area contributed by atoms with Gasteiger partial charge in [-0.15, -0.1) is 0 Å². The summed E-state index contributed by atoms with van der Waals surface area (Å²) in [6.45, 7) is 20.7. The molecule has 252 valence electrons. The maximum Gasteiger partial charge on any atom is 0.163 e. The second-order valence-electron chi connectivity index (χ2n) is 17.0. The van der Waals surface area contributed by atoms with Crippen LogP contribution < -0.4 is 11.5 Å². The number of anilines is 2. The van der Waals surface area contributed by atoms with Gasteiger partial charge in [-0.25, -0.2) is 0 Å². The van der Waals surface area contributed by atoms with E-state index in [0.29, 0.717) is 34.7 Å². The molecule has 0 amide bonds. The lowest BCUT2D eigenvalue weighted by Gasteiger charge is -2.61. The van der Waals surface area contributed by atoms with Gasteiger partial charge in [0.2, 0.25) is 0 Å². The van der Waals surface area contributed by atoms with Gasteiger partial charge in [-0.2, -0.15) is 0 Å². The van der Waals surface area contributed by atoms with Crippen molar-refractivity contribution in [1.29, 1.82) is 0 Å². The number of fused-ring (bicyclic) bond motifs is 5. The molecule has 3 fully saturated rings. The molecule has 4 heteroatoms. The molecular formula is C41H66N2O2. The molecule has 9 atom stereocenters. The van der Waals surface area contributed by atoms with Crippen LogP contribution in [0.2, 0.25) is 0 Å². The second kappa shape index (κ2) is 14.0. The molecule has 0 bridgehead atoms. The maximum absolute atomic E-state index is 13.6. The standard InChI is InChI=1S/C36H56N2O2.C5H10/c1-22(2)8-7-9-23(3)28-11-12-29-27-10-13-32-35(5,30(27)14-16-34(28,29)4)17-15-33(40)36(32,6)21-31(39)24-18-25(37)20-26(38)19-24;1-4-5(2)3/h13,18-20,22-23,27-30,33,40H,7-12,14-17,21,37-38H2,1-6H3;4H,1-3H3. The Balaban J connectivity index is 0.000000854. The third kappa shape index (κ3) is 7.12. The fourth-order valence-electron chi connectivity index (χ4n) is 10.7. The Hall–Kier alpha value is -2.07. The molecule has 9 unspecified atom stereocenters. The third-order valence-corrected chi connectivity index (χ3v) is 13.4. The number of benzene rings is 1. The van der Waals surface area contributed by atoms with Gasteiger partial charge in [-0.1, -0.05) is 84.1 Å². The highest BCUT2D eigenvalue weighted by atomic mass is 16.3. The molecule has 45 heavy (non-hydrogen) atoms. The lowest BCUT2D eigenvalue weighted by molar-refractivity contribution is -0.0813. The normalized spacial score (nSPS) is 36.1. The number of Topliss-reactive ketones (excluding diaryl/α,β-unsaturated/α-hetero) is 1. The Labute approximate surface area is 275 Å². The summed E-state index contributed by atoms with van der Waals surface area (Å²) in [5.41, 5.74) is 16.3. The number of allylic oxidation sites excluding steroid dienone is 3. The molecule has 1 aromatic rings. The minimum atomic E-state index is -0.557. The van der Waals surface area contributed by atoms with Gasteiger partial charge in [-0.3, -0.25) is 4.79 Å². The van der Waals surface area contributed by atoms with Crippen LogP contribution in [-0.4, -0.2) is 17.0 Å². The first-order chi connectivity index (χ1) is 21.1. The summed E-state index contributed by atoms with van der Waals surface area (Å²) in [6, 6.07) is 5.14. The van der Waals surface area contributed by atoms with E-state index in [1.807, 2.05) is 6.92 Å². The van der Waals surface area contributed by atoms with Gasteiger partial charge >= 0.3 is 0 Å². The number of hydrogen-bond donors (Lipinski definition) is 3. The van der Waals surface area contributed by atoms with Crippen LogP contribution in [0, 0.1) is 51.8 Å². The van der Waals surface area contributed by atoms with E-state index < -0.39 is 11.5 Å². The van der Waals surface area contributed by atoms with Crippen molar-refractivity contribution < 1.29 is 9.90 Å². The fourth-order valence-corrected chi connectivity index (χ4v) is 10.7. The summed E-state index contributed by atoms with van der Waals surface area (Å²) in [7, 11) is 0. The molecule has 3 saturated carbocycles. The molecule has 0 saturated heterocycles. The largest absolute Gasteiger partial charge is 0.399 e. The van der Waals surface area contributed by atoms with Crippen molar-refractivity contribution in [3.8, 4) is 0 Å². The van der Waals surface area contributed by atoms with Crippen molar-refractivity contribution in [1.82, 2.24) is 0 Å². The van der Waals surface area contributed by atoms with Gasteiger partial charge < -0.3 is 16.6 Å². The summed E-state index contributed by atoms with van der Waals surface area (Å²) in [6.07, 6.45) is 16.8. The molecule has 4 aliphatic rings. The number of nitrogen functional groups attached to an aromatic ring is 2. The van der Waals surface area contributed by atoms with E-state index in [9.17, 15) is 9.90 Å². The molecule has 0 aromatic heterocycles. The van der Waals surface area contributed by atoms with Crippen LogP contribution in [0.4, 0.5) is 11.4 Å². The van der Waals surface area contributed by atoms with Crippen LogP contribution in [0.3, 0.4) is 0 Å². The number of carbonyl (C=O) groups is 1. The van der Waals surface area contributed by atoms with Gasteiger partial charge in [-0.05, 0) is 130 Å². The van der Waals surface area contributed by atoms with E-state index >= 15 is 0 Å². The van der Waals surface area contributed by atoms with E-state index in [0.717, 1.165) is 48.9 Å². The van der Waals surface area contributed by atoms with E-state index in [-0.39, 0.29) is 11.2 Å². The van der Waals surface area contributed by atoms with Crippen molar-refractivity contribution in [2.75, 3.05) is 11.5 Å². The number of hydrogen-bond acceptors (Lipinski definition) is 4. The highest BCUT2D eigenvalue weighted by Gasteiger charge is 2.62. The van der Waals surface area contributed by atoms with Gasteiger partial charge in [0, 0.05) is 28.8 Å². The molecule has 0 spiro atoms. The zero-order valence-electron chi connectivity index (χ0n) is 30.2. The molecule has 0 aliphatic heterocycles. The Morgan fingerprint density at radius 2 is 1.60 bits per heavy atom. The Kier molecular flexibility index (Phi) is 11.1. The molecule has 0 radical (unpaired) electrons. The quantitative estimate of drug-likeness (QED) is 0.154. The lowest BCUT2D eigenvalue weighted by Crippen LogP contribution is -2.55. The fraction of sp³-hybridized carbons (Fsp3) is 0.732. The van der Waals surface area contributed by atoms with Crippen molar-refractivity contribution in [2.24, 2.45) is 51.8 Å². The van der Waals surface area contributed by atoms with Crippen molar-refractivity contribution in [3.05, 3.63) is 47.1 Å². The smallest absolute Gasteiger partial charge is 0.163 e. The van der Waals surface area contributed by atoms with Gasteiger partial charge in [0.15, 0.2) is 5.78 Å². The van der Waals surface area contributed by atoms with Crippen LogP contribution >= 0.6 is 0 Å². The predicted octanol–water partition coefficient (Wildman–Crippen LogP) is 10.4. The molecule has 4 nitrogen and oxygen atoms in total. The molecular weight excluding hydrogens is 552 g/mol.